The van der Waals surface area contributed by atoms with Crippen molar-refractivity contribution in [3.63, 3.8) is 0 Å². The number of ether oxygens (including phenoxy) is 1. The van der Waals surface area contributed by atoms with Gasteiger partial charge in [0.05, 0.1) is 10.5 Å². The van der Waals surface area contributed by atoms with Crippen LogP contribution in [0.1, 0.15) is 48.8 Å². The second-order valence-corrected chi connectivity index (χ2v) is 10.2. The standard InChI is InChI=1S/C22H27N5O6S/c1-3-4-12-27-19-18(20(28)24-22(27)30)25(2)17(23-19)14-33-21(29)15-8-7-9-16(13-15)34(31,32)26-10-5-6-11-26/h7-9,13H,3-6,10-12,14H2,1-2H3,(H,24,28,30). The molecule has 1 aliphatic heterocycles. The van der Waals surface area contributed by atoms with Crippen LogP contribution in [0.15, 0.2) is 38.8 Å². The van der Waals surface area contributed by atoms with Gasteiger partial charge >= 0.3 is 11.7 Å². The van der Waals surface area contributed by atoms with Crippen LogP contribution in [0, 0.1) is 0 Å². The zero-order valence-corrected chi connectivity index (χ0v) is 19.9. The molecule has 0 unspecified atom stereocenters. The minimum absolute atomic E-state index is 0.0399. The van der Waals surface area contributed by atoms with Gasteiger partial charge in [0.2, 0.25) is 10.0 Å². The smallest absolute Gasteiger partial charge is 0.338 e. The molecule has 0 bridgehead atoms. The van der Waals surface area contributed by atoms with Crippen LogP contribution >= 0.6 is 0 Å². The lowest BCUT2D eigenvalue weighted by atomic mass is 10.2. The topological polar surface area (TPSA) is 136 Å². The van der Waals surface area contributed by atoms with Crippen molar-refractivity contribution in [3.8, 4) is 0 Å². The molecule has 0 saturated carbocycles. The van der Waals surface area contributed by atoms with Crippen LogP contribution in [0.25, 0.3) is 11.2 Å². The van der Waals surface area contributed by atoms with Crippen molar-refractivity contribution >= 4 is 27.2 Å². The van der Waals surface area contributed by atoms with Crippen LogP contribution in [0.4, 0.5) is 0 Å². The summed E-state index contributed by atoms with van der Waals surface area (Å²) in [5, 5.41) is 0. The van der Waals surface area contributed by atoms with Gasteiger partial charge in [0.15, 0.2) is 11.2 Å². The zero-order chi connectivity index (χ0) is 24.5. The molecule has 0 atom stereocenters. The van der Waals surface area contributed by atoms with Crippen molar-refractivity contribution in [2.45, 2.75) is 50.7 Å². The first-order valence-electron chi connectivity index (χ1n) is 11.2. The van der Waals surface area contributed by atoms with Crippen molar-refractivity contribution in [1.82, 2.24) is 23.4 Å². The van der Waals surface area contributed by atoms with Crippen molar-refractivity contribution in [3.05, 3.63) is 56.5 Å². The van der Waals surface area contributed by atoms with E-state index in [0.717, 1.165) is 25.7 Å². The summed E-state index contributed by atoms with van der Waals surface area (Å²) in [6.45, 7) is 3.06. The molecule has 0 aliphatic carbocycles. The molecule has 182 valence electrons. The van der Waals surface area contributed by atoms with E-state index in [-0.39, 0.29) is 34.1 Å². The van der Waals surface area contributed by atoms with Gasteiger partial charge in [-0.15, -0.1) is 0 Å². The number of hydrogen-bond donors (Lipinski definition) is 1. The van der Waals surface area contributed by atoms with Gasteiger partial charge in [-0.1, -0.05) is 19.4 Å². The van der Waals surface area contributed by atoms with Crippen molar-refractivity contribution in [2.24, 2.45) is 7.05 Å². The van der Waals surface area contributed by atoms with Crippen LogP contribution in [0.5, 0.6) is 0 Å². The molecule has 0 spiro atoms. The third-order valence-corrected chi connectivity index (χ3v) is 7.84. The summed E-state index contributed by atoms with van der Waals surface area (Å²) in [6.07, 6.45) is 3.22. The number of nitrogens with zero attached hydrogens (tertiary/aromatic N) is 4. The quantitative estimate of drug-likeness (QED) is 0.472. The third kappa shape index (κ3) is 4.42. The van der Waals surface area contributed by atoms with Crippen LogP contribution in [0.3, 0.4) is 0 Å². The van der Waals surface area contributed by atoms with Gasteiger partial charge in [0.1, 0.15) is 12.4 Å². The van der Waals surface area contributed by atoms with Gasteiger partial charge in [-0.3, -0.25) is 14.3 Å². The number of aryl methyl sites for hydroxylation is 2. The lowest BCUT2D eigenvalue weighted by Gasteiger charge is -2.15. The number of aromatic amines is 1. The summed E-state index contributed by atoms with van der Waals surface area (Å²) < 4.78 is 35.3. The summed E-state index contributed by atoms with van der Waals surface area (Å²) in [5.74, 6) is -0.437. The first-order valence-corrected chi connectivity index (χ1v) is 12.6. The highest BCUT2D eigenvalue weighted by molar-refractivity contribution is 7.89. The molecule has 1 N–H and O–H groups in total. The summed E-state index contributed by atoms with van der Waals surface area (Å²) in [6, 6.07) is 5.74. The highest BCUT2D eigenvalue weighted by Gasteiger charge is 2.28. The molecular formula is C22H27N5O6S. The number of carbonyl (C=O) groups is 1. The molecule has 3 heterocycles. The largest absolute Gasteiger partial charge is 0.454 e. The number of benzene rings is 1. The Balaban J connectivity index is 1.57. The van der Waals surface area contributed by atoms with Gasteiger partial charge < -0.3 is 9.30 Å². The predicted molar refractivity (Wildman–Crippen MR) is 124 cm³/mol. The number of sulfonamides is 1. The Labute approximate surface area is 196 Å². The fourth-order valence-corrected chi connectivity index (χ4v) is 5.58. The van der Waals surface area contributed by atoms with E-state index in [2.05, 4.69) is 9.97 Å². The molecule has 1 fully saturated rings. The average Bonchev–Trinajstić information content (AvgIpc) is 3.47. The minimum Gasteiger partial charge on any atom is -0.454 e. The van der Waals surface area contributed by atoms with Crippen LogP contribution in [0.2, 0.25) is 0 Å². The summed E-state index contributed by atoms with van der Waals surface area (Å²) in [4.78, 5) is 44.0. The number of rotatable bonds is 8. The summed E-state index contributed by atoms with van der Waals surface area (Å²) in [5.41, 5.74) is -0.574. The van der Waals surface area contributed by atoms with Crippen LogP contribution in [-0.2, 0) is 35.0 Å². The van der Waals surface area contributed by atoms with Crippen molar-refractivity contribution in [2.75, 3.05) is 13.1 Å². The Morgan fingerprint density at radius 3 is 2.65 bits per heavy atom. The third-order valence-electron chi connectivity index (χ3n) is 5.95. The van der Waals surface area contributed by atoms with Crippen LogP contribution in [-0.4, -0.2) is 50.9 Å². The molecule has 0 amide bonds. The minimum atomic E-state index is -3.67. The predicted octanol–water partition coefficient (Wildman–Crippen LogP) is 1.36. The van der Waals surface area contributed by atoms with Gasteiger partial charge in [-0.25, -0.2) is 23.0 Å². The molecule has 1 saturated heterocycles. The number of carbonyl (C=O) groups excluding carboxylic acids is 1. The molecule has 11 nitrogen and oxygen atoms in total. The molecule has 1 aliphatic rings. The number of H-pyrrole nitrogens is 1. The second-order valence-electron chi connectivity index (χ2n) is 8.24. The lowest BCUT2D eigenvalue weighted by Crippen LogP contribution is -2.31. The molecule has 0 radical (unpaired) electrons. The summed E-state index contributed by atoms with van der Waals surface area (Å²) in [7, 11) is -2.07. The van der Waals surface area contributed by atoms with E-state index < -0.39 is 27.2 Å². The number of aromatic nitrogens is 4. The van der Waals surface area contributed by atoms with E-state index >= 15 is 0 Å². The monoisotopic (exact) mass is 489 g/mol. The highest BCUT2D eigenvalue weighted by Crippen LogP contribution is 2.22. The Morgan fingerprint density at radius 1 is 1.21 bits per heavy atom. The summed E-state index contributed by atoms with van der Waals surface area (Å²) >= 11 is 0. The lowest BCUT2D eigenvalue weighted by molar-refractivity contribution is 0.0459. The fourth-order valence-electron chi connectivity index (χ4n) is 4.02. The SMILES string of the molecule is CCCCn1c(=O)[nH]c(=O)c2c1nc(COC(=O)c1cccc(S(=O)(=O)N3CCCC3)c1)n2C. The number of imidazole rings is 1. The maximum absolute atomic E-state index is 12.8. The fraction of sp³-hybridized carbons (Fsp3) is 0.455. The van der Waals surface area contributed by atoms with E-state index in [1.807, 2.05) is 6.92 Å². The number of hydrogen-bond acceptors (Lipinski definition) is 7. The second kappa shape index (κ2) is 9.55. The molecule has 4 rings (SSSR count). The van der Waals surface area contributed by atoms with E-state index in [1.165, 1.54) is 37.7 Å². The maximum Gasteiger partial charge on any atom is 0.338 e. The van der Waals surface area contributed by atoms with E-state index in [0.29, 0.717) is 19.6 Å². The molecule has 12 heteroatoms. The molecule has 3 aromatic rings. The van der Waals surface area contributed by atoms with Gasteiger partial charge in [-0.2, -0.15) is 4.31 Å². The van der Waals surface area contributed by atoms with Crippen molar-refractivity contribution < 1.29 is 17.9 Å². The van der Waals surface area contributed by atoms with Crippen molar-refractivity contribution in [1.29, 1.82) is 0 Å². The number of unbranched alkanes of at least 4 members (excludes halogenated alkanes) is 1. The maximum atomic E-state index is 12.8. The first kappa shape index (κ1) is 23.9. The Bertz CT molecular complexity index is 1450. The Hall–Kier alpha value is -3.25. The van der Waals surface area contributed by atoms with E-state index in [9.17, 15) is 22.8 Å². The number of nitrogens with one attached hydrogen (secondary N) is 1. The molecule has 34 heavy (non-hydrogen) atoms. The Kier molecular flexibility index (Phi) is 6.71. The van der Waals surface area contributed by atoms with Gasteiger partial charge in [0.25, 0.3) is 5.56 Å². The molecular weight excluding hydrogens is 462 g/mol. The molecule has 2 aromatic heterocycles. The average molecular weight is 490 g/mol. The van der Waals surface area contributed by atoms with Gasteiger partial charge in [-0.05, 0) is 37.5 Å². The number of esters is 1. The molecule has 1 aromatic carbocycles. The number of fused-ring (bicyclic) bond motifs is 1. The zero-order valence-electron chi connectivity index (χ0n) is 19.1. The normalized spacial score (nSPS) is 14.6. The van der Waals surface area contributed by atoms with E-state index in [1.54, 1.807) is 7.05 Å². The Morgan fingerprint density at radius 2 is 1.94 bits per heavy atom. The van der Waals surface area contributed by atoms with E-state index in [4.69, 9.17) is 4.74 Å². The highest BCUT2D eigenvalue weighted by atomic mass is 32.2. The van der Waals surface area contributed by atoms with Gasteiger partial charge in [0, 0.05) is 26.7 Å². The van der Waals surface area contributed by atoms with Crippen LogP contribution < -0.4 is 11.2 Å². The first-order chi connectivity index (χ1) is 16.2.